The van der Waals surface area contributed by atoms with Gasteiger partial charge in [0.15, 0.2) is 0 Å². The predicted molar refractivity (Wildman–Crippen MR) is 121 cm³/mol. The zero-order chi connectivity index (χ0) is 23.5. The van der Waals surface area contributed by atoms with E-state index in [1.807, 2.05) is 0 Å². The highest BCUT2D eigenvalue weighted by Gasteiger charge is 2.38. The molecule has 1 atom stereocenters. The third-order valence-corrected chi connectivity index (χ3v) is 6.13. The molecular formula is C23H20N4O5S. The topological polar surface area (TPSA) is 126 Å². The first-order valence-electron chi connectivity index (χ1n) is 10.0. The first-order valence-corrected chi connectivity index (χ1v) is 10.8. The summed E-state index contributed by atoms with van der Waals surface area (Å²) in [5.74, 6) is -1.49. The molecule has 0 spiro atoms. The van der Waals surface area contributed by atoms with Gasteiger partial charge in [-0.05, 0) is 36.3 Å². The van der Waals surface area contributed by atoms with Crippen molar-refractivity contribution >= 4 is 34.9 Å². The lowest BCUT2D eigenvalue weighted by molar-refractivity contribution is -0.136. The summed E-state index contributed by atoms with van der Waals surface area (Å²) in [6, 6.07) is 6.03. The molecule has 1 aliphatic rings. The largest absolute Gasteiger partial charge is 0.466 e. The molecule has 2 N–H and O–H groups in total. The van der Waals surface area contributed by atoms with E-state index >= 15 is 0 Å². The van der Waals surface area contributed by atoms with E-state index in [2.05, 4.69) is 9.97 Å². The van der Waals surface area contributed by atoms with Gasteiger partial charge >= 0.3 is 11.9 Å². The molecule has 0 fully saturated rings. The van der Waals surface area contributed by atoms with Gasteiger partial charge in [0.1, 0.15) is 10.2 Å². The number of nitrogens with two attached hydrogens (primary N) is 1. The van der Waals surface area contributed by atoms with Gasteiger partial charge in [-0.25, -0.2) is 9.59 Å². The second-order valence-corrected chi connectivity index (χ2v) is 8.01. The Morgan fingerprint density at radius 2 is 1.91 bits per heavy atom. The number of methoxy groups -OCH3 is 1. The van der Waals surface area contributed by atoms with E-state index in [1.165, 1.54) is 17.9 Å². The zero-order valence-electron chi connectivity index (χ0n) is 17.8. The van der Waals surface area contributed by atoms with Gasteiger partial charge in [0.05, 0.1) is 35.6 Å². The van der Waals surface area contributed by atoms with E-state index in [9.17, 15) is 14.4 Å². The molecule has 0 bridgehead atoms. The van der Waals surface area contributed by atoms with Crippen molar-refractivity contribution in [3.63, 3.8) is 0 Å². The third-order valence-electron chi connectivity index (χ3n) is 5.03. The minimum absolute atomic E-state index is 0.0334. The minimum atomic E-state index is -0.931. The molecule has 0 aromatic carbocycles. The number of aromatic nitrogens is 3. The Balaban J connectivity index is 2.12. The Kier molecular flexibility index (Phi) is 6.18. The molecule has 0 aliphatic carbocycles. The van der Waals surface area contributed by atoms with Crippen LogP contribution in [0, 0.1) is 0 Å². The Morgan fingerprint density at radius 1 is 1.18 bits per heavy atom. The number of nitrogens with zero attached hydrogens (tertiary/aromatic N) is 3. The lowest BCUT2D eigenvalue weighted by Gasteiger charge is -2.26. The normalized spacial score (nSPS) is 15.9. The van der Waals surface area contributed by atoms with Crippen LogP contribution in [0.3, 0.4) is 0 Å². The summed E-state index contributed by atoms with van der Waals surface area (Å²) in [7, 11) is 1.21. The highest BCUT2D eigenvalue weighted by molar-refractivity contribution is 7.07. The molecular weight excluding hydrogens is 444 g/mol. The van der Waals surface area contributed by atoms with Gasteiger partial charge in [-0.1, -0.05) is 12.1 Å². The van der Waals surface area contributed by atoms with Gasteiger partial charge in [-0.15, -0.1) is 11.3 Å². The number of rotatable bonds is 5. The highest BCUT2D eigenvalue weighted by Crippen LogP contribution is 2.32. The van der Waals surface area contributed by atoms with Crippen LogP contribution in [-0.2, 0) is 19.1 Å². The maximum absolute atomic E-state index is 13.6. The molecule has 0 radical (unpaired) electrons. The van der Waals surface area contributed by atoms with E-state index in [-0.39, 0.29) is 28.1 Å². The van der Waals surface area contributed by atoms with E-state index < -0.39 is 23.5 Å². The van der Waals surface area contributed by atoms with Crippen LogP contribution >= 0.6 is 11.3 Å². The van der Waals surface area contributed by atoms with Crippen LogP contribution in [0.15, 0.2) is 65.1 Å². The molecule has 0 saturated carbocycles. The molecule has 4 rings (SSSR count). The average molecular weight is 465 g/mol. The summed E-state index contributed by atoms with van der Waals surface area (Å²) >= 11 is 1.09. The van der Waals surface area contributed by atoms with Gasteiger partial charge in [-0.2, -0.15) is 0 Å². The SMILES string of the molecule is CCOC(=O)C1=c2sc(=Cc3cccnc3)c(=O)n2C(c2cccnc2)C(C(=O)OC)=C1N. The fraction of sp³-hybridized carbons (Fsp3) is 0.174. The number of carbonyl (C=O) groups excluding carboxylic acids is 2. The standard InChI is InChI=1S/C23H20N4O5S/c1-3-32-23(30)17-18(24)16(22(29)31-2)19(14-7-5-9-26-12-14)27-20(28)15(33-21(17)27)10-13-6-4-8-25-11-13/h4-12,19H,3,24H2,1-2H3. The van der Waals surface area contributed by atoms with Crippen LogP contribution in [0.25, 0.3) is 11.6 Å². The number of hydrogen-bond acceptors (Lipinski definition) is 9. The summed E-state index contributed by atoms with van der Waals surface area (Å²) in [4.78, 5) is 47.5. The van der Waals surface area contributed by atoms with Crippen molar-refractivity contribution in [2.75, 3.05) is 13.7 Å². The summed E-state index contributed by atoms with van der Waals surface area (Å²) < 4.78 is 12.2. The number of ether oxygens (including phenoxy) is 2. The lowest BCUT2D eigenvalue weighted by Crippen LogP contribution is -2.43. The summed E-state index contributed by atoms with van der Waals surface area (Å²) in [5.41, 5.74) is 7.05. The Bertz CT molecular complexity index is 1420. The first-order chi connectivity index (χ1) is 16.0. The molecule has 0 amide bonds. The summed E-state index contributed by atoms with van der Waals surface area (Å²) in [5, 5.41) is 0. The van der Waals surface area contributed by atoms with E-state index in [0.29, 0.717) is 15.7 Å². The van der Waals surface area contributed by atoms with Crippen LogP contribution in [0.1, 0.15) is 24.1 Å². The van der Waals surface area contributed by atoms with E-state index in [0.717, 1.165) is 11.3 Å². The number of carbonyl (C=O) groups is 2. The molecule has 3 aromatic rings. The highest BCUT2D eigenvalue weighted by atomic mass is 32.1. The smallest absolute Gasteiger partial charge is 0.343 e. The summed E-state index contributed by atoms with van der Waals surface area (Å²) in [6.45, 7) is 1.75. The molecule has 3 aromatic heterocycles. The number of fused-ring (bicyclic) bond motifs is 1. The molecule has 1 aliphatic heterocycles. The van der Waals surface area contributed by atoms with Crippen molar-refractivity contribution in [1.82, 2.24) is 14.5 Å². The van der Waals surface area contributed by atoms with Crippen LogP contribution in [-0.4, -0.2) is 40.2 Å². The Labute approximate surface area is 192 Å². The monoisotopic (exact) mass is 464 g/mol. The van der Waals surface area contributed by atoms with Gasteiger partial charge in [0.25, 0.3) is 5.56 Å². The quantitative estimate of drug-likeness (QED) is 0.532. The molecule has 0 saturated heterocycles. The second kappa shape index (κ2) is 9.21. The van der Waals surface area contributed by atoms with Crippen LogP contribution in [0.5, 0.6) is 0 Å². The summed E-state index contributed by atoms with van der Waals surface area (Å²) in [6.07, 6.45) is 8.02. The van der Waals surface area contributed by atoms with Crippen LogP contribution in [0.2, 0.25) is 0 Å². The number of hydrogen-bond donors (Lipinski definition) is 1. The fourth-order valence-electron chi connectivity index (χ4n) is 3.63. The van der Waals surface area contributed by atoms with Crippen molar-refractivity contribution in [3.8, 4) is 0 Å². The van der Waals surface area contributed by atoms with Crippen LogP contribution in [0.4, 0.5) is 0 Å². The van der Waals surface area contributed by atoms with Gasteiger partial charge in [-0.3, -0.25) is 19.3 Å². The average Bonchev–Trinajstić information content (AvgIpc) is 3.14. The van der Waals surface area contributed by atoms with Crippen molar-refractivity contribution in [2.24, 2.45) is 5.73 Å². The van der Waals surface area contributed by atoms with Crippen molar-refractivity contribution < 1.29 is 19.1 Å². The minimum Gasteiger partial charge on any atom is -0.466 e. The van der Waals surface area contributed by atoms with E-state index in [4.69, 9.17) is 15.2 Å². The van der Waals surface area contributed by atoms with Gasteiger partial charge in [0, 0.05) is 24.8 Å². The lowest BCUT2D eigenvalue weighted by atomic mass is 9.93. The van der Waals surface area contributed by atoms with Gasteiger partial charge < -0.3 is 15.2 Å². The molecule has 9 nitrogen and oxygen atoms in total. The maximum atomic E-state index is 13.6. The van der Waals surface area contributed by atoms with Crippen LogP contribution < -0.4 is 20.5 Å². The Morgan fingerprint density at radius 3 is 2.52 bits per heavy atom. The fourth-order valence-corrected chi connectivity index (χ4v) is 4.80. The Hall–Kier alpha value is -4.05. The molecule has 10 heteroatoms. The molecule has 168 valence electrons. The molecule has 4 heterocycles. The van der Waals surface area contributed by atoms with Crippen molar-refractivity contribution in [2.45, 2.75) is 13.0 Å². The van der Waals surface area contributed by atoms with Crippen molar-refractivity contribution in [1.29, 1.82) is 0 Å². The van der Waals surface area contributed by atoms with Crippen molar-refractivity contribution in [3.05, 3.63) is 91.0 Å². The van der Waals surface area contributed by atoms with Gasteiger partial charge in [0.2, 0.25) is 0 Å². The molecule has 33 heavy (non-hydrogen) atoms. The maximum Gasteiger partial charge on any atom is 0.343 e. The number of pyridine rings is 2. The zero-order valence-corrected chi connectivity index (χ0v) is 18.7. The number of thiazole rings is 1. The number of esters is 2. The third kappa shape index (κ3) is 3.96. The predicted octanol–water partition coefficient (Wildman–Crippen LogP) is 0.231. The first kappa shape index (κ1) is 22.2. The molecule has 1 unspecified atom stereocenters. The van der Waals surface area contributed by atoms with E-state index in [1.54, 1.807) is 55.9 Å². The second-order valence-electron chi connectivity index (χ2n) is 6.98.